The maximum Gasteiger partial charge on any atom is 0.271 e. The fourth-order valence-electron chi connectivity index (χ4n) is 2.84. The number of carbonyl (C=O) groups excluding carboxylic acids is 1. The van der Waals surface area contributed by atoms with Gasteiger partial charge in [-0.15, -0.1) is 0 Å². The summed E-state index contributed by atoms with van der Waals surface area (Å²) in [4.78, 5) is 12.1. The van der Waals surface area contributed by atoms with E-state index in [4.69, 9.17) is 21.1 Å². The smallest absolute Gasteiger partial charge is 0.271 e. The van der Waals surface area contributed by atoms with Gasteiger partial charge in [-0.25, -0.2) is 5.43 Å². The molecule has 3 rings (SSSR count). The molecule has 5 nitrogen and oxygen atoms in total. The summed E-state index contributed by atoms with van der Waals surface area (Å²) in [5, 5.41) is 4.50. The number of benzene rings is 3. The maximum absolute atomic E-state index is 12.1. The number of hydrazone groups is 1. The lowest BCUT2D eigenvalue weighted by molar-refractivity contribution is 0.0955. The molecule has 0 radical (unpaired) electrons. The number of rotatable bonds is 9. The van der Waals surface area contributed by atoms with Gasteiger partial charge < -0.3 is 9.47 Å². The summed E-state index contributed by atoms with van der Waals surface area (Å²) in [5.74, 6) is 1.32. The number of hydrogen-bond acceptors (Lipinski definition) is 4. The average Bonchev–Trinajstić information content (AvgIpc) is 2.76. The minimum atomic E-state index is -0.324. The van der Waals surface area contributed by atoms with Crippen LogP contribution in [0.25, 0.3) is 0 Å². The van der Waals surface area contributed by atoms with Crippen LogP contribution in [0.4, 0.5) is 0 Å². The van der Waals surface area contributed by atoms with Crippen molar-refractivity contribution in [3.05, 3.63) is 94.0 Å². The molecule has 0 heterocycles. The third kappa shape index (κ3) is 7.15. The number of carbonyl (C=O) groups is 1. The number of amides is 1. The fraction of sp³-hybridized carbons (Fsp3) is 0.200. The minimum absolute atomic E-state index is 0.324. The molecule has 0 spiro atoms. The van der Waals surface area contributed by atoms with Gasteiger partial charge in [-0.05, 0) is 66.9 Å². The Bertz CT molecular complexity index is 1070. The Balaban J connectivity index is 1.44. The highest BCUT2D eigenvalue weighted by atomic mass is 35.5. The van der Waals surface area contributed by atoms with E-state index in [2.05, 4.69) is 29.6 Å². The Kier molecular flexibility index (Phi) is 8.07. The molecule has 0 saturated carbocycles. The van der Waals surface area contributed by atoms with Crippen LogP contribution in [0, 0.1) is 13.8 Å². The highest BCUT2D eigenvalue weighted by Crippen LogP contribution is 2.19. The molecule has 6 heteroatoms. The molecule has 1 amide bonds. The first-order valence-corrected chi connectivity index (χ1v) is 10.4. The van der Waals surface area contributed by atoms with Crippen LogP contribution in [-0.4, -0.2) is 25.3 Å². The van der Waals surface area contributed by atoms with Gasteiger partial charge >= 0.3 is 0 Å². The lowest BCUT2D eigenvalue weighted by Gasteiger charge is -2.11. The third-order valence-corrected chi connectivity index (χ3v) is 4.72. The van der Waals surface area contributed by atoms with E-state index in [9.17, 15) is 4.79 Å². The molecule has 0 aliphatic carbocycles. The summed E-state index contributed by atoms with van der Waals surface area (Å²) >= 11 is 5.90. The van der Waals surface area contributed by atoms with Gasteiger partial charge in [-0.2, -0.15) is 5.10 Å². The van der Waals surface area contributed by atoms with Crippen molar-refractivity contribution in [1.82, 2.24) is 5.43 Å². The second-order valence-corrected chi connectivity index (χ2v) is 7.54. The highest BCUT2D eigenvalue weighted by Gasteiger charge is 2.04. The highest BCUT2D eigenvalue weighted by molar-refractivity contribution is 6.30. The zero-order valence-electron chi connectivity index (χ0n) is 17.6. The molecular weight excluding hydrogens is 412 g/mol. The molecule has 0 unspecified atom stereocenters. The number of ether oxygens (including phenoxy) is 2. The number of nitrogens with one attached hydrogen (secondary N) is 1. The fourth-order valence-corrected chi connectivity index (χ4v) is 3.03. The molecule has 0 aliphatic heterocycles. The largest absolute Gasteiger partial charge is 0.493 e. The van der Waals surface area contributed by atoms with Crippen LogP contribution in [-0.2, 0) is 0 Å². The van der Waals surface area contributed by atoms with Gasteiger partial charge in [0, 0.05) is 17.0 Å². The molecule has 0 fully saturated rings. The first kappa shape index (κ1) is 22.4. The Morgan fingerprint density at radius 1 is 1.00 bits per heavy atom. The Morgan fingerprint density at radius 2 is 1.81 bits per heavy atom. The Hall–Kier alpha value is -3.31. The summed E-state index contributed by atoms with van der Waals surface area (Å²) in [6, 6.07) is 20.4. The summed E-state index contributed by atoms with van der Waals surface area (Å²) < 4.78 is 11.7. The number of halogens is 1. The van der Waals surface area contributed by atoms with Gasteiger partial charge in [0.2, 0.25) is 0 Å². The summed E-state index contributed by atoms with van der Waals surface area (Å²) in [5.41, 5.74) is 6.06. The van der Waals surface area contributed by atoms with Crippen molar-refractivity contribution in [1.29, 1.82) is 0 Å². The van der Waals surface area contributed by atoms with Crippen LogP contribution in [0.1, 0.15) is 33.5 Å². The van der Waals surface area contributed by atoms with E-state index < -0.39 is 0 Å². The predicted molar refractivity (Wildman–Crippen MR) is 124 cm³/mol. The van der Waals surface area contributed by atoms with Crippen LogP contribution >= 0.6 is 11.6 Å². The first-order valence-electron chi connectivity index (χ1n) is 10.0. The van der Waals surface area contributed by atoms with E-state index >= 15 is 0 Å². The summed E-state index contributed by atoms with van der Waals surface area (Å²) in [7, 11) is 0. The van der Waals surface area contributed by atoms with Crippen LogP contribution in [0.2, 0.25) is 5.02 Å². The van der Waals surface area contributed by atoms with Crippen molar-refractivity contribution in [2.75, 3.05) is 13.2 Å². The maximum atomic E-state index is 12.1. The van der Waals surface area contributed by atoms with E-state index in [1.165, 1.54) is 5.56 Å². The molecule has 3 aromatic carbocycles. The molecule has 0 bridgehead atoms. The summed E-state index contributed by atoms with van der Waals surface area (Å²) in [6.07, 6.45) is 2.33. The van der Waals surface area contributed by atoms with Gasteiger partial charge in [0.05, 0.1) is 19.4 Å². The minimum Gasteiger partial charge on any atom is -0.493 e. The topological polar surface area (TPSA) is 59.9 Å². The van der Waals surface area contributed by atoms with Crippen LogP contribution < -0.4 is 14.9 Å². The van der Waals surface area contributed by atoms with E-state index in [0.717, 1.165) is 29.0 Å². The zero-order valence-corrected chi connectivity index (χ0v) is 18.4. The van der Waals surface area contributed by atoms with Gasteiger partial charge in [-0.3, -0.25) is 4.79 Å². The quantitative estimate of drug-likeness (QED) is 0.271. The molecule has 0 atom stereocenters. The summed E-state index contributed by atoms with van der Waals surface area (Å²) in [6.45, 7) is 5.21. The number of hydrogen-bond donors (Lipinski definition) is 1. The van der Waals surface area contributed by atoms with Gasteiger partial charge in [0.25, 0.3) is 5.91 Å². The standard InChI is InChI=1S/C25H25ClN2O3/c1-18-10-11-19(2)24(14-18)31-13-5-12-30-23-9-3-6-20(15-23)17-27-28-25(29)21-7-4-8-22(26)16-21/h3-4,6-11,14-17H,5,12-13H2,1-2H3,(H,28,29)/b27-17-. The molecule has 31 heavy (non-hydrogen) atoms. The average molecular weight is 437 g/mol. The van der Waals surface area contributed by atoms with E-state index in [1.807, 2.05) is 37.3 Å². The number of aryl methyl sites for hydroxylation is 2. The van der Waals surface area contributed by atoms with Crippen molar-refractivity contribution < 1.29 is 14.3 Å². The SMILES string of the molecule is Cc1ccc(C)c(OCCCOc2cccc(/C=N\NC(=O)c3cccc(Cl)c3)c2)c1. The Labute approximate surface area is 187 Å². The molecular formula is C25H25ClN2O3. The van der Waals surface area contributed by atoms with E-state index in [1.54, 1.807) is 30.5 Å². The molecule has 160 valence electrons. The first-order chi connectivity index (χ1) is 15.0. The second kappa shape index (κ2) is 11.2. The van der Waals surface area contributed by atoms with Crippen molar-refractivity contribution >= 4 is 23.7 Å². The van der Waals surface area contributed by atoms with Gasteiger partial charge in [0.15, 0.2) is 0 Å². The lowest BCUT2D eigenvalue weighted by Crippen LogP contribution is -2.17. The molecule has 0 saturated heterocycles. The van der Waals surface area contributed by atoms with Gasteiger partial charge in [0.1, 0.15) is 11.5 Å². The second-order valence-electron chi connectivity index (χ2n) is 7.10. The normalized spacial score (nSPS) is 10.8. The zero-order chi connectivity index (χ0) is 22.1. The van der Waals surface area contributed by atoms with Crippen LogP contribution in [0.5, 0.6) is 11.5 Å². The van der Waals surface area contributed by atoms with Crippen molar-refractivity contribution in [3.8, 4) is 11.5 Å². The predicted octanol–water partition coefficient (Wildman–Crippen LogP) is 5.57. The van der Waals surface area contributed by atoms with E-state index in [0.29, 0.717) is 23.8 Å². The van der Waals surface area contributed by atoms with Gasteiger partial charge in [-0.1, -0.05) is 41.9 Å². The molecule has 0 aliphatic rings. The van der Waals surface area contributed by atoms with E-state index in [-0.39, 0.29) is 5.91 Å². The van der Waals surface area contributed by atoms with Crippen molar-refractivity contribution in [3.63, 3.8) is 0 Å². The molecule has 3 aromatic rings. The monoisotopic (exact) mass is 436 g/mol. The van der Waals surface area contributed by atoms with Crippen molar-refractivity contribution in [2.24, 2.45) is 5.10 Å². The third-order valence-electron chi connectivity index (χ3n) is 4.48. The van der Waals surface area contributed by atoms with Crippen LogP contribution in [0.3, 0.4) is 0 Å². The molecule has 1 N–H and O–H groups in total. The number of nitrogens with zero attached hydrogens (tertiary/aromatic N) is 1. The lowest BCUT2D eigenvalue weighted by atomic mass is 10.1. The van der Waals surface area contributed by atoms with Crippen molar-refractivity contribution in [2.45, 2.75) is 20.3 Å². The molecule has 0 aromatic heterocycles. The van der Waals surface area contributed by atoms with Crippen LogP contribution in [0.15, 0.2) is 71.8 Å². The Morgan fingerprint density at radius 3 is 2.65 bits per heavy atom.